The van der Waals surface area contributed by atoms with E-state index in [1.54, 1.807) is 42.2 Å². The Morgan fingerprint density at radius 3 is 2.50 bits per heavy atom. The summed E-state index contributed by atoms with van der Waals surface area (Å²) in [5.41, 5.74) is 1.92. The standard InChI is InChI=1S/C21H19FN2O2/c1-14-11-17(5-6-19(14)22)20(25)16-7-9-24(10-8-16)21(26)18-4-2-3-15(12-18)13-23/h2-6,11-12,16H,7-10H2,1H3. The van der Waals surface area contributed by atoms with Crippen LogP contribution in [0.1, 0.15) is 44.7 Å². The molecule has 0 radical (unpaired) electrons. The van der Waals surface area contributed by atoms with Gasteiger partial charge in [0.1, 0.15) is 5.82 Å². The number of nitrogens with zero attached hydrogens (tertiary/aromatic N) is 2. The minimum absolute atomic E-state index is 0.00618. The molecule has 2 aromatic rings. The summed E-state index contributed by atoms with van der Waals surface area (Å²) in [6, 6.07) is 13.1. The summed E-state index contributed by atoms with van der Waals surface area (Å²) in [6.07, 6.45) is 1.16. The first-order valence-corrected chi connectivity index (χ1v) is 8.59. The van der Waals surface area contributed by atoms with E-state index in [-0.39, 0.29) is 23.4 Å². The van der Waals surface area contributed by atoms with Gasteiger partial charge in [-0.1, -0.05) is 6.07 Å². The maximum atomic E-state index is 13.4. The van der Waals surface area contributed by atoms with Crippen molar-refractivity contribution in [1.29, 1.82) is 5.26 Å². The molecule has 1 aliphatic heterocycles. The molecule has 0 aromatic heterocycles. The third-order valence-corrected chi connectivity index (χ3v) is 4.83. The van der Waals surface area contributed by atoms with E-state index < -0.39 is 0 Å². The number of rotatable bonds is 3. The largest absolute Gasteiger partial charge is 0.339 e. The maximum Gasteiger partial charge on any atom is 0.253 e. The van der Waals surface area contributed by atoms with Crippen LogP contribution < -0.4 is 0 Å². The van der Waals surface area contributed by atoms with Crippen LogP contribution in [-0.4, -0.2) is 29.7 Å². The lowest BCUT2D eigenvalue weighted by atomic mass is 9.88. The fraction of sp³-hybridized carbons (Fsp3) is 0.286. The second kappa shape index (κ2) is 7.49. The Bertz CT molecular complexity index is 893. The Morgan fingerprint density at radius 2 is 1.85 bits per heavy atom. The molecule has 132 valence electrons. The SMILES string of the molecule is Cc1cc(C(=O)C2CCN(C(=O)c3cccc(C#N)c3)CC2)ccc1F. The van der Waals surface area contributed by atoms with E-state index in [2.05, 4.69) is 0 Å². The topological polar surface area (TPSA) is 61.2 Å². The number of hydrogen-bond acceptors (Lipinski definition) is 3. The van der Waals surface area contributed by atoms with Gasteiger partial charge >= 0.3 is 0 Å². The molecule has 1 aliphatic rings. The van der Waals surface area contributed by atoms with Gasteiger partial charge in [0.15, 0.2) is 5.78 Å². The van der Waals surface area contributed by atoms with Crippen LogP contribution in [0.4, 0.5) is 4.39 Å². The summed E-state index contributed by atoms with van der Waals surface area (Å²) in [7, 11) is 0. The van der Waals surface area contributed by atoms with Crippen LogP contribution in [0, 0.1) is 30.0 Å². The molecule has 0 aliphatic carbocycles. The maximum absolute atomic E-state index is 13.4. The van der Waals surface area contributed by atoms with Crippen molar-refractivity contribution in [1.82, 2.24) is 4.90 Å². The van der Waals surface area contributed by atoms with Crippen molar-refractivity contribution >= 4 is 11.7 Å². The normalized spacial score (nSPS) is 14.7. The van der Waals surface area contributed by atoms with E-state index in [1.165, 1.54) is 12.1 Å². The molecular formula is C21H19FN2O2. The highest BCUT2D eigenvalue weighted by Gasteiger charge is 2.28. The smallest absolute Gasteiger partial charge is 0.253 e. The molecule has 1 heterocycles. The Kier molecular flexibility index (Phi) is 5.13. The minimum Gasteiger partial charge on any atom is -0.339 e. The van der Waals surface area contributed by atoms with Crippen LogP contribution in [0.3, 0.4) is 0 Å². The highest BCUT2D eigenvalue weighted by molar-refractivity contribution is 5.98. The van der Waals surface area contributed by atoms with Gasteiger partial charge in [0.2, 0.25) is 0 Å². The van der Waals surface area contributed by atoms with Gasteiger partial charge in [0.25, 0.3) is 5.91 Å². The van der Waals surface area contributed by atoms with E-state index in [4.69, 9.17) is 5.26 Å². The Morgan fingerprint density at radius 1 is 1.12 bits per heavy atom. The van der Waals surface area contributed by atoms with Gasteiger partial charge in [0.05, 0.1) is 11.6 Å². The molecule has 1 fully saturated rings. The molecule has 3 rings (SSSR count). The van der Waals surface area contributed by atoms with Crippen molar-refractivity contribution in [2.75, 3.05) is 13.1 Å². The van der Waals surface area contributed by atoms with Gasteiger partial charge in [-0.3, -0.25) is 9.59 Å². The van der Waals surface area contributed by atoms with Gasteiger partial charge in [-0.05, 0) is 61.7 Å². The van der Waals surface area contributed by atoms with E-state index in [9.17, 15) is 14.0 Å². The van der Waals surface area contributed by atoms with Crippen LogP contribution >= 0.6 is 0 Å². The Hall–Kier alpha value is -3.00. The number of Topliss-reactive ketones (excluding diaryl/α,β-unsaturated/α-hetero) is 1. The van der Waals surface area contributed by atoms with Gasteiger partial charge in [-0.15, -0.1) is 0 Å². The second-order valence-corrected chi connectivity index (χ2v) is 6.59. The number of nitriles is 1. The van der Waals surface area contributed by atoms with Gasteiger partial charge in [0, 0.05) is 30.1 Å². The van der Waals surface area contributed by atoms with E-state index >= 15 is 0 Å². The van der Waals surface area contributed by atoms with Crippen molar-refractivity contribution in [2.24, 2.45) is 5.92 Å². The number of ketones is 1. The molecule has 0 saturated carbocycles. The first-order chi connectivity index (χ1) is 12.5. The van der Waals surface area contributed by atoms with Crippen molar-refractivity contribution in [3.8, 4) is 6.07 Å². The third-order valence-electron chi connectivity index (χ3n) is 4.83. The highest BCUT2D eigenvalue weighted by atomic mass is 19.1. The summed E-state index contributed by atoms with van der Waals surface area (Å²) < 4.78 is 13.4. The first-order valence-electron chi connectivity index (χ1n) is 8.59. The first kappa shape index (κ1) is 17.8. The zero-order valence-corrected chi connectivity index (χ0v) is 14.5. The zero-order valence-electron chi connectivity index (χ0n) is 14.5. The summed E-state index contributed by atoms with van der Waals surface area (Å²) in [4.78, 5) is 26.9. The summed E-state index contributed by atoms with van der Waals surface area (Å²) in [5.74, 6) is -0.590. The molecule has 0 spiro atoms. The van der Waals surface area contributed by atoms with Gasteiger partial charge < -0.3 is 4.90 Å². The lowest BCUT2D eigenvalue weighted by Crippen LogP contribution is -2.40. The number of piperidine rings is 1. The van der Waals surface area contributed by atoms with Crippen molar-refractivity contribution in [3.05, 3.63) is 70.5 Å². The number of hydrogen-bond donors (Lipinski definition) is 0. The number of amides is 1. The van der Waals surface area contributed by atoms with E-state index in [0.717, 1.165) is 0 Å². The fourth-order valence-electron chi connectivity index (χ4n) is 3.28. The molecule has 0 atom stereocenters. The molecular weight excluding hydrogens is 331 g/mol. The number of halogens is 1. The molecule has 4 nitrogen and oxygen atoms in total. The van der Waals surface area contributed by atoms with Crippen molar-refractivity contribution < 1.29 is 14.0 Å². The second-order valence-electron chi connectivity index (χ2n) is 6.59. The molecule has 0 bridgehead atoms. The average molecular weight is 350 g/mol. The van der Waals surface area contributed by atoms with Gasteiger partial charge in [-0.25, -0.2) is 4.39 Å². The van der Waals surface area contributed by atoms with E-state index in [0.29, 0.717) is 48.2 Å². The lowest BCUT2D eigenvalue weighted by Gasteiger charge is -2.31. The zero-order chi connectivity index (χ0) is 18.7. The predicted molar refractivity (Wildman–Crippen MR) is 95.3 cm³/mol. The van der Waals surface area contributed by atoms with Crippen LogP contribution in [0.25, 0.3) is 0 Å². The number of benzene rings is 2. The molecule has 0 unspecified atom stereocenters. The number of likely N-dealkylation sites (tertiary alicyclic amines) is 1. The van der Waals surface area contributed by atoms with Crippen LogP contribution in [-0.2, 0) is 0 Å². The number of aryl methyl sites for hydroxylation is 1. The monoisotopic (exact) mass is 350 g/mol. The third kappa shape index (κ3) is 3.65. The van der Waals surface area contributed by atoms with Crippen LogP contribution in [0.15, 0.2) is 42.5 Å². The molecule has 1 amide bonds. The molecule has 2 aromatic carbocycles. The number of carbonyl (C=O) groups is 2. The van der Waals surface area contributed by atoms with Gasteiger partial charge in [-0.2, -0.15) is 5.26 Å². The Labute approximate surface area is 151 Å². The molecule has 1 saturated heterocycles. The summed E-state index contributed by atoms with van der Waals surface area (Å²) in [5, 5.41) is 8.96. The van der Waals surface area contributed by atoms with Crippen LogP contribution in [0.5, 0.6) is 0 Å². The Balaban J connectivity index is 1.65. The van der Waals surface area contributed by atoms with Crippen molar-refractivity contribution in [2.45, 2.75) is 19.8 Å². The lowest BCUT2D eigenvalue weighted by molar-refractivity contribution is 0.0650. The summed E-state index contributed by atoms with van der Waals surface area (Å²) in [6.45, 7) is 2.63. The molecule has 26 heavy (non-hydrogen) atoms. The van der Waals surface area contributed by atoms with Crippen LogP contribution in [0.2, 0.25) is 0 Å². The quantitative estimate of drug-likeness (QED) is 0.792. The van der Waals surface area contributed by atoms with Crippen molar-refractivity contribution in [3.63, 3.8) is 0 Å². The minimum atomic E-state index is -0.318. The molecule has 5 heteroatoms. The highest BCUT2D eigenvalue weighted by Crippen LogP contribution is 2.24. The predicted octanol–water partition coefficient (Wildman–Crippen LogP) is 3.74. The fourth-order valence-corrected chi connectivity index (χ4v) is 3.28. The molecule has 0 N–H and O–H groups in total. The van der Waals surface area contributed by atoms with E-state index in [1.807, 2.05) is 6.07 Å². The average Bonchev–Trinajstić information content (AvgIpc) is 2.69. The summed E-state index contributed by atoms with van der Waals surface area (Å²) >= 11 is 0. The number of carbonyl (C=O) groups excluding carboxylic acids is 2.